The molecule has 0 aromatic heterocycles. The van der Waals surface area contributed by atoms with Crippen LogP contribution in [-0.4, -0.2) is 31.2 Å². The number of carbonyl (C=O) groups is 2. The molecule has 0 aliphatic carbocycles. The third-order valence-electron chi connectivity index (χ3n) is 3.89. The van der Waals surface area contributed by atoms with Gasteiger partial charge in [-0.2, -0.15) is 5.10 Å². The molecule has 7 nitrogen and oxygen atoms in total. The third-order valence-corrected chi connectivity index (χ3v) is 4.48. The molecular weight excluding hydrogens is 469 g/mol. The van der Waals surface area contributed by atoms with Crippen LogP contribution in [0.25, 0.3) is 0 Å². The quantitative estimate of drug-likeness (QED) is 0.352. The summed E-state index contributed by atoms with van der Waals surface area (Å²) < 4.78 is 25.0. The summed E-state index contributed by atoms with van der Waals surface area (Å²) in [7, 11) is 0. The first-order valence-corrected chi connectivity index (χ1v) is 10.7. The molecule has 0 saturated heterocycles. The molecule has 2 aromatic carbocycles. The number of carbonyl (C=O) groups excluding carboxylic acids is 2. The van der Waals surface area contributed by atoms with Crippen LogP contribution in [0.5, 0.6) is 11.5 Å². The lowest BCUT2D eigenvalue weighted by Gasteiger charge is -2.14. The summed E-state index contributed by atoms with van der Waals surface area (Å²) in [5, 5.41) is 6.53. The van der Waals surface area contributed by atoms with Crippen molar-refractivity contribution >= 4 is 39.6 Å². The predicted octanol–water partition coefficient (Wildman–Crippen LogP) is 4.64. The number of hydrogen-bond donors (Lipinski definition) is 2. The van der Waals surface area contributed by atoms with Gasteiger partial charge >= 0.3 is 0 Å². The van der Waals surface area contributed by atoms with Gasteiger partial charge in [-0.3, -0.25) is 9.59 Å². The molecule has 0 aliphatic rings. The van der Waals surface area contributed by atoms with Gasteiger partial charge in [0.05, 0.1) is 23.9 Å². The second-order valence-electron chi connectivity index (χ2n) is 6.46. The van der Waals surface area contributed by atoms with Gasteiger partial charge in [-0.1, -0.05) is 6.92 Å². The second kappa shape index (κ2) is 12.7. The highest BCUT2D eigenvalue weighted by atomic mass is 79.9. The minimum Gasteiger partial charge on any atom is -0.490 e. The van der Waals surface area contributed by atoms with Gasteiger partial charge < -0.3 is 14.8 Å². The zero-order valence-corrected chi connectivity index (χ0v) is 19.0. The highest BCUT2D eigenvalue weighted by Gasteiger charge is 2.12. The monoisotopic (exact) mass is 493 g/mol. The van der Waals surface area contributed by atoms with Crippen LogP contribution in [0.2, 0.25) is 0 Å². The molecule has 2 aromatic rings. The number of ether oxygens (including phenoxy) is 2. The molecule has 0 aliphatic heterocycles. The number of benzene rings is 2. The SMILES string of the molecule is CCCOc1c(Br)cc(C=NNC(=O)CCC(=O)Nc2ccc(F)cc2)cc1OCC. The van der Waals surface area contributed by atoms with Crippen molar-refractivity contribution in [2.75, 3.05) is 18.5 Å². The van der Waals surface area contributed by atoms with Gasteiger partial charge in [0.2, 0.25) is 11.8 Å². The van der Waals surface area contributed by atoms with E-state index in [1.54, 1.807) is 12.1 Å². The Bertz CT molecular complexity index is 920. The molecule has 0 radical (unpaired) electrons. The van der Waals surface area contributed by atoms with Gasteiger partial charge in [0.15, 0.2) is 11.5 Å². The molecule has 31 heavy (non-hydrogen) atoms. The van der Waals surface area contributed by atoms with Crippen LogP contribution in [0.3, 0.4) is 0 Å². The lowest BCUT2D eigenvalue weighted by Crippen LogP contribution is -2.20. The number of anilines is 1. The molecule has 0 saturated carbocycles. The van der Waals surface area contributed by atoms with E-state index in [2.05, 4.69) is 31.8 Å². The van der Waals surface area contributed by atoms with Crippen LogP contribution >= 0.6 is 15.9 Å². The number of hydrogen-bond acceptors (Lipinski definition) is 5. The van der Waals surface area contributed by atoms with Crippen molar-refractivity contribution in [3.63, 3.8) is 0 Å². The van der Waals surface area contributed by atoms with E-state index >= 15 is 0 Å². The Kier molecular flexibility index (Phi) is 9.96. The standard InChI is InChI=1S/C22H25BrFN3O4/c1-3-11-31-22-18(23)12-15(13-19(22)30-4-2)14-25-27-21(29)10-9-20(28)26-17-7-5-16(24)6-8-17/h5-8,12-14H,3-4,9-11H2,1-2H3,(H,26,28)(H,27,29). The highest BCUT2D eigenvalue weighted by molar-refractivity contribution is 9.10. The lowest BCUT2D eigenvalue weighted by molar-refractivity contribution is -0.124. The van der Waals surface area contributed by atoms with E-state index < -0.39 is 11.7 Å². The zero-order chi connectivity index (χ0) is 22.6. The van der Waals surface area contributed by atoms with Gasteiger partial charge in [-0.25, -0.2) is 9.82 Å². The number of hydrazone groups is 1. The predicted molar refractivity (Wildman–Crippen MR) is 121 cm³/mol. The molecule has 2 amide bonds. The van der Waals surface area contributed by atoms with Crippen LogP contribution in [-0.2, 0) is 9.59 Å². The summed E-state index contributed by atoms with van der Waals surface area (Å²) in [6.07, 6.45) is 2.28. The van der Waals surface area contributed by atoms with Crippen LogP contribution in [0, 0.1) is 5.82 Å². The average molecular weight is 494 g/mol. The normalized spacial score (nSPS) is 10.7. The van der Waals surface area contributed by atoms with Crippen LogP contribution in [0.1, 0.15) is 38.7 Å². The summed E-state index contributed by atoms with van der Waals surface area (Å²) >= 11 is 3.47. The van der Waals surface area contributed by atoms with Crippen molar-refractivity contribution in [3.8, 4) is 11.5 Å². The molecular formula is C22H25BrFN3O4. The number of nitrogens with zero attached hydrogens (tertiary/aromatic N) is 1. The molecule has 9 heteroatoms. The van der Waals surface area contributed by atoms with Crippen molar-refractivity contribution in [1.82, 2.24) is 5.43 Å². The largest absolute Gasteiger partial charge is 0.490 e. The van der Waals surface area contributed by atoms with Crippen LogP contribution < -0.4 is 20.2 Å². The van der Waals surface area contributed by atoms with E-state index in [1.807, 2.05) is 13.8 Å². The molecule has 166 valence electrons. The van der Waals surface area contributed by atoms with Crippen molar-refractivity contribution < 1.29 is 23.5 Å². The van der Waals surface area contributed by atoms with Gasteiger partial charge in [-0.15, -0.1) is 0 Å². The maximum Gasteiger partial charge on any atom is 0.240 e. The number of rotatable bonds is 11. The fourth-order valence-corrected chi connectivity index (χ4v) is 3.06. The van der Waals surface area contributed by atoms with Crippen LogP contribution in [0.15, 0.2) is 46.0 Å². The maximum absolute atomic E-state index is 12.9. The first kappa shape index (κ1) is 24.3. The first-order chi connectivity index (χ1) is 14.9. The Labute approximate surface area is 189 Å². The molecule has 0 unspecified atom stereocenters. The van der Waals surface area contributed by atoms with Gasteiger partial charge in [0, 0.05) is 18.5 Å². The highest BCUT2D eigenvalue weighted by Crippen LogP contribution is 2.36. The number of nitrogens with one attached hydrogen (secondary N) is 2. The zero-order valence-electron chi connectivity index (χ0n) is 17.4. The van der Waals surface area contributed by atoms with Crippen LogP contribution in [0.4, 0.5) is 10.1 Å². The molecule has 0 spiro atoms. The molecule has 2 N–H and O–H groups in total. The summed E-state index contributed by atoms with van der Waals surface area (Å²) in [5.74, 6) is 0.0579. The fraction of sp³-hybridized carbons (Fsp3) is 0.318. The van der Waals surface area contributed by atoms with E-state index in [1.165, 1.54) is 30.5 Å². The molecule has 0 bridgehead atoms. The van der Waals surface area contributed by atoms with Gasteiger partial charge in [0.1, 0.15) is 5.82 Å². The molecule has 0 atom stereocenters. The van der Waals surface area contributed by atoms with E-state index in [0.717, 1.165) is 10.9 Å². The summed E-state index contributed by atoms with van der Waals surface area (Å²) in [5.41, 5.74) is 3.56. The minimum absolute atomic E-state index is 0.0256. The van der Waals surface area contributed by atoms with Crippen molar-refractivity contribution in [2.24, 2.45) is 5.10 Å². The topological polar surface area (TPSA) is 89.0 Å². The van der Waals surface area contributed by atoms with Gasteiger partial charge in [0.25, 0.3) is 0 Å². The van der Waals surface area contributed by atoms with E-state index in [0.29, 0.717) is 36.0 Å². The molecule has 2 rings (SSSR count). The Morgan fingerprint density at radius 3 is 2.48 bits per heavy atom. The Morgan fingerprint density at radius 1 is 1.10 bits per heavy atom. The third kappa shape index (κ3) is 8.37. The fourth-order valence-electron chi connectivity index (χ4n) is 2.49. The minimum atomic E-state index is -0.405. The Balaban J connectivity index is 1.87. The van der Waals surface area contributed by atoms with E-state index in [9.17, 15) is 14.0 Å². The van der Waals surface area contributed by atoms with Crippen molar-refractivity contribution in [3.05, 3.63) is 52.3 Å². The number of halogens is 2. The first-order valence-electron chi connectivity index (χ1n) is 9.89. The maximum atomic E-state index is 12.9. The lowest BCUT2D eigenvalue weighted by atomic mass is 10.2. The smallest absolute Gasteiger partial charge is 0.240 e. The van der Waals surface area contributed by atoms with Gasteiger partial charge in [-0.05, 0) is 71.2 Å². The Morgan fingerprint density at radius 2 is 1.81 bits per heavy atom. The summed E-state index contributed by atoms with van der Waals surface area (Å²) in [6, 6.07) is 8.96. The summed E-state index contributed by atoms with van der Waals surface area (Å²) in [4.78, 5) is 23.8. The van der Waals surface area contributed by atoms with E-state index in [4.69, 9.17) is 9.47 Å². The summed E-state index contributed by atoms with van der Waals surface area (Å²) in [6.45, 7) is 4.94. The number of amides is 2. The average Bonchev–Trinajstić information content (AvgIpc) is 2.74. The molecule has 0 heterocycles. The molecule has 0 fully saturated rings. The van der Waals surface area contributed by atoms with Crippen molar-refractivity contribution in [2.45, 2.75) is 33.1 Å². The Hall–Kier alpha value is -2.94. The van der Waals surface area contributed by atoms with Crippen molar-refractivity contribution in [1.29, 1.82) is 0 Å². The van der Waals surface area contributed by atoms with E-state index in [-0.39, 0.29) is 18.7 Å². The second-order valence-corrected chi connectivity index (χ2v) is 7.31.